The van der Waals surface area contributed by atoms with E-state index >= 15 is 0 Å². The number of rotatable bonds is 1. The average molecular weight is 173 g/mol. The van der Waals surface area contributed by atoms with Gasteiger partial charge in [-0.25, -0.2) is 0 Å². The topological polar surface area (TPSA) is 61.7 Å². The maximum atomic E-state index is 8.89. The normalized spacial score (nSPS) is 9.85. The van der Waals surface area contributed by atoms with Gasteiger partial charge < -0.3 is 4.74 Å². The molecule has 13 heavy (non-hydrogen) atoms. The van der Waals surface area contributed by atoms with Crippen molar-refractivity contribution in [1.29, 1.82) is 5.26 Å². The molecule has 0 amide bonds. The molecule has 0 aliphatic heterocycles. The fraction of sp³-hybridized carbons (Fsp3) is 0.111. The fourth-order valence-corrected chi connectivity index (χ4v) is 1.28. The van der Waals surface area contributed by atoms with E-state index in [0.717, 1.165) is 10.9 Å². The molecule has 0 spiro atoms. The molecule has 0 atom stereocenters. The summed E-state index contributed by atoms with van der Waals surface area (Å²) in [5.41, 5.74) is 1.37. The molecule has 0 unspecified atom stereocenters. The largest absolute Gasteiger partial charge is 0.495 e. The van der Waals surface area contributed by atoms with Crippen molar-refractivity contribution in [3.8, 4) is 11.8 Å². The lowest BCUT2D eigenvalue weighted by Crippen LogP contribution is -1.87. The number of ether oxygens (including phenoxy) is 1. The van der Waals surface area contributed by atoms with E-state index in [1.54, 1.807) is 19.4 Å². The lowest BCUT2D eigenvalue weighted by atomic mass is 10.1. The minimum absolute atomic E-state index is 0.522. The molecule has 2 rings (SSSR count). The number of nitrogens with one attached hydrogen (secondary N) is 1. The molecule has 1 aromatic carbocycles. The molecule has 0 radical (unpaired) electrons. The van der Waals surface area contributed by atoms with E-state index in [9.17, 15) is 0 Å². The van der Waals surface area contributed by atoms with E-state index in [4.69, 9.17) is 10.00 Å². The molecule has 0 saturated heterocycles. The zero-order valence-electron chi connectivity index (χ0n) is 7.03. The van der Waals surface area contributed by atoms with Gasteiger partial charge in [-0.3, -0.25) is 5.10 Å². The number of aromatic amines is 1. The third kappa shape index (κ3) is 1.02. The van der Waals surface area contributed by atoms with Crippen LogP contribution >= 0.6 is 0 Å². The van der Waals surface area contributed by atoms with Crippen molar-refractivity contribution in [3.63, 3.8) is 0 Å². The summed E-state index contributed by atoms with van der Waals surface area (Å²) in [4.78, 5) is 0. The number of nitriles is 1. The van der Waals surface area contributed by atoms with Crippen molar-refractivity contribution < 1.29 is 4.74 Å². The summed E-state index contributed by atoms with van der Waals surface area (Å²) in [6.07, 6.45) is 1.62. The van der Waals surface area contributed by atoms with Gasteiger partial charge in [-0.05, 0) is 12.1 Å². The molecule has 4 heteroatoms. The Labute approximate surface area is 74.7 Å². The van der Waals surface area contributed by atoms with Gasteiger partial charge in [0.25, 0.3) is 0 Å². The minimum atomic E-state index is 0.522. The predicted octanol–water partition coefficient (Wildman–Crippen LogP) is 1.44. The quantitative estimate of drug-likeness (QED) is 0.709. The molecule has 1 aromatic heterocycles. The number of aromatic nitrogens is 2. The molecule has 2 aromatic rings. The zero-order valence-corrected chi connectivity index (χ0v) is 7.03. The third-order valence-electron chi connectivity index (χ3n) is 1.92. The van der Waals surface area contributed by atoms with Crippen LogP contribution in [-0.2, 0) is 0 Å². The van der Waals surface area contributed by atoms with E-state index < -0.39 is 0 Å². The lowest BCUT2D eigenvalue weighted by molar-refractivity contribution is 0.414. The number of hydrogen-bond donors (Lipinski definition) is 1. The van der Waals surface area contributed by atoms with Crippen LogP contribution in [0.15, 0.2) is 18.3 Å². The highest BCUT2D eigenvalue weighted by molar-refractivity contribution is 5.86. The predicted molar refractivity (Wildman–Crippen MR) is 47.4 cm³/mol. The highest BCUT2D eigenvalue weighted by Gasteiger charge is 2.07. The first-order chi connectivity index (χ1) is 6.36. The number of fused-ring (bicyclic) bond motifs is 1. The van der Waals surface area contributed by atoms with Crippen LogP contribution in [0.25, 0.3) is 10.9 Å². The van der Waals surface area contributed by atoms with E-state index in [1.165, 1.54) is 0 Å². The van der Waals surface area contributed by atoms with Gasteiger partial charge in [0.15, 0.2) is 0 Å². The molecule has 0 fully saturated rings. The highest BCUT2D eigenvalue weighted by Crippen LogP contribution is 2.25. The summed E-state index contributed by atoms with van der Waals surface area (Å²) < 4.78 is 5.05. The molecule has 0 saturated carbocycles. The van der Waals surface area contributed by atoms with Crippen molar-refractivity contribution >= 4 is 10.9 Å². The fourth-order valence-electron chi connectivity index (χ4n) is 1.28. The second-order valence-electron chi connectivity index (χ2n) is 2.59. The Bertz CT molecular complexity index is 481. The number of nitrogens with zero attached hydrogens (tertiary/aromatic N) is 2. The highest BCUT2D eigenvalue weighted by atomic mass is 16.5. The number of H-pyrrole nitrogens is 1. The summed E-state index contributed by atoms with van der Waals surface area (Å²) in [6.45, 7) is 0. The summed E-state index contributed by atoms with van der Waals surface area (Å²) in [7, 11) is 1.54. The van der Waals surface area contributed by atoms with Crippen molar-refractivity contribution in [2.45, 2.75) is 0 Å². The lowest BCUT2D eigenvalue weighted by Gasteiger charge is -2.01. The second kappa shape index (κ2) is 2.79. The Morgan fingerprint density at radius 2 is 2.38 bits per heavy atom. The van der Waals surface area contributed by atoms with E-state index in [-0.39, 0.29) is 0 Å². The van der Waals surface area contributed by atoms with E-state index in [1.807, 2.05) is 6.07 Å². The van der Waals surface area contributed by atoms with Gasteiger partial charge >= 0.3 is 0 Å². The van der Waals surface area contributed by atoms with Gasteiger partial charge in [0.2, 0.25) is 0 Å². The molecule has 0 aliphatic carbocycles. The van der Waals surface area contributed by atoms with Crippen LogP contribution in [0.2, 0.25) is 0 Å². The van der Waals surface area contributed by atoms with Crippen LogP contribution in [0.4, 0.5) is 0 Å². The summed E-state index contributed by atoms with van der Waals surface area (Å²) >= 11 is 0. The zero-order chi connectivity index (χ0) is 9.26. The Morgan fingerprint density at radius 3 is 3.08 bits per heavy atom. The van der Waals surface area contributed by atoms with Crippen LogP contribution in [0, 0.1) is 11.3 Å². The van der Waals surface area contributed by atoms with Crippen molar-refractivity contribution in [1.82, 2.24) is 10.2 Å². The molecule has 1 heterocycles. The first-order valence-electron chi connectivity index (χ1n) is 3.77. The van der Waals surface area contributed by atoms with Crippen LogP contribution in [0.5, 0.6) is 5.75 Å². The van der Waals surface area contributed by atoms with Crippen LogP contribution in [0.3, 0.4) is 0 Å². The Hall–Kier alpha value is -2.02. The number of methoxy groups -OCH3 is 1. The SMILES string of the molecule is COc1ccc2[nH]ncc2c1C#N. The monoisotopic (exact) mass is 173 g/mol. The van der Waals surface area contributed by atoms with Gasteiger partial charge in [-0.2, -0.15) is 10.4 Å². The smallest absolute Gasteiger partial charge is 0.137 e. The minimum Gasteiger partial charge on any atom is -0.495 e. The van der Waals surface area contributed by atoms with Crippen LogP contribution in [0.1, 0.15) is 5.56 Å². The van der Waals surface area contributed by atoms with Gasteiger partial charge in [0.05, 0.1) is 18.8 Å². The second-order valence-corrected chi connectivity index (χ2v) is 2.59. The van der Waals surface area contributed by atoms with E-state index in [0.29, 0.717) is 11.3 Å². The van der Waals surface area contributed by atoms with Crippen LogP contribution in [-0.4, -0.2) is 17.3 Å². The molecule has 0 bridgehead atoms. The molecule has 64 valence electrons. The van der Waals surface area contributed by atoms with Gasteiger partial charge in [0.1, 0.15) is 17.4 Å². The Kier molecular flexibility index (Phi) is 1.64. The summed E-state index contributed by atoms with van der Waals surface area (Å²) in [6, 6.07) is 5.68. The first kappa shape index (κ1) is 7.62. The van der Waals surface area contributed by atoms with Crippen molar-refractivity contribution in [3.05, 3.63) is 23.9 Å². The van der Waals surface area contributed by atoms with Crippen LogP contribution < -0.4 is 4.74 Å². The van der Waals surface area contributed by atoms with Gasteiger partial charge in [0, 0.05) is 5.39 Å². The Balaban J connectivity index is 2.84. The number of benzene rings is 1. The molecule has 0 aliphatic rings. The summed E-state index contributed by atoms with van der Waals surface area (Å²) in [5, 5.41) is 16.3. The van der Waals surface area contributed by atoms with E-state index in [2.05, 4.69) is 16.3 Å². The molecular formula is C9H7N3O. The maximum Gasteiger partial charge on any atom is 0.137 e. The van der Waals surface area contributed by atoms with Gasteiger partial charge in [-0.15, -0.1) is 0 Å². The standard InChI is InChI=1S/C9H7N3O/c1-13-9-3-2-8-7(5-11-12-8)6(9)4-10/h2-3,5H,1H3,(H,11,12). The molecule has 1 N–H and O–H groups in total. The molecule has 4 nitrogen and oxygen atoms in total. The van der Waals surface area contributed by atoms with Crippen molar-refractivity contribution in [2.75, 3.05) is 7.11 Å². The summed E-state index contributed by atoms with van der Waals surface area (Å²) in [5.74, 6) is 0.580. The van der Waals surface area contributed by atoms with Crippen molar-refractivity contribution in [2.24, 2.45) is 0 Å². The number of hydrogen-bond acceptors (Lipinski definition) is 3. The Morgan fingerprint density at radius 1 is 1.54 bits per heavy atom. The average Bonchev–Trinajstić information content (AvgIpc) is 2.63. The molecular weight excluding hydrogens is 166 g/mol. The first-order valence-corrected chi connectivity index (χ1v) is 3.77. The maximum absolute atomic E-state index is 8.89. The van der Waals surface area contributed by atoms with Gasteiger partial charge in [-0.1, -0.05) is 0 Å². The third-order valence-corrected chi connectivity index (χ3v) is 1.92.